The smallest absolute Gasteiger partial charge is 0.182 e. The summed E-state index contributed by atoms with van der Waals surface area (Å²) in [5, 5.41) is 19.3. The van der Waals surface area contributed by atoms with Crippen LogP contribution >= 0.6 is 22.9 Å². The lowest BCUT2D eigenvalue weighted by molar-refractivity contribution is 0.0864. The number of thiazole rings is 1. The van der Waals surface area contributed by atoms with Crippen molar-refractivity contribution in [3.63, 3.8) is 0 Å². The highest BCUT2D eigenvalue weighted by Crippen LogP contribution is 2.26. The molecule has 1 aromatic heterocycles. The molecule has 2 aromatic carbocycles. The van der Waals surface area contributed by atoms with Gasteiger partial charge in [0.05, 0.1) is 16.3 Å². The average molecular weight is 438 g/mol. The van der Waals surface area contributed by atoms with E-state index in [1.54, 1.807) is 0 Å². The number of rotatable bonds is 5. The number of benzene rings is 2. The Hall–Kier alpha value is -1.80. The van der Waals surface area contributed by atoms with Crippen LogP contribution in [0.5, 0.6) is 0 Å². The van der Waals surface area contributed by atoms with E-state index in [2.05, 4.69) is 4.90 Å². The Morgan fingerprint density at radius 3 is 2.62 bits per heavy atom. The maximum absolute atomic E-state index is 13.4. The molecule has 0 spiro atoms. The Morgan fingerprint density at radius 2 is 1.90 bits per heavy atom. The third-order valence-electron chi connectivity index (χ3n) is 5.57. The number of hydrogen-bond acceptors (Lipinski definition) is 4. The predicted octanol–water partition coefficient (Wildman–Crippen LogP) is 4.56. The molecule has 1 aliphatic heterocycles. The molecule has 4 nitrogen and oxygen atoms in total. The second kappa shape index (κ2) is 8.52. The Balaban J connectivity index is 1.36. The molecule has 29 heavy (non-hydrogen) atoms. The molecular weight excluding hydrogens is 416 g/mol. The Kier molecular flexibility index (Phi) is 6.01. The van der Waals surface area contributed by atoms with E-state index in [1.165, 1.54) is 17.4 Å². The van der Waals surface area contributed by atoms with E-state index >= 15 is 0 Å². The SMILES string of the molecule is N=c1sc2cc(Cl)ccc2n1CC1CCN(CC(O)c2ccc(F)c(F)c2)CC1. The van der Waals surface area contributed by atoms with Gasteiger partial charge in [-0.05, 0) is 67.7 Å². The van der Waals surface area contributed by atoms with Crippen molar-refractivity contribution in [1.29, 1.82) is 5.41 Å². The summed E-state index contributed by atoms with van der Waals surface area (Å²) in [5.74, 6) is -1.39. The predicted molar refractivity (Wildman–Crippen MR) is 111 cm³/mol. The third-order valence-corrected chi connectivity index (χ3v) is 6.77. The van der Waals surface area contributed by atoms with Crippen LogP contribution in [-0.4, -0.2) is 34.2 Å². The van der Waals surface area contributed by atoms with E-state index in [9.17, 15) is 13.9 Å². The minimum atomic E-state index is -0.937. The summed E-state index contributed by atoms with van der Waals surface area (Å²) in [4.78, 5) is 2.68. The van der Waals surface area contributed by atoms with Crippen molar-refractivity contribution in [3.8, 4) is 0 Å². The lowest BCUT2D eigenvalue weighted by Gasteiger charge is -2.33. The van der Waals surface area contributed by atoms with Gasteiger partial charge in [-0.15, -0.1) is 0 Å². The van der Waals surface area contributed by atoms with Crippen LogP contribution in [0.15, 0.2) is 36.4 Å². The number of aromatic nitrogens is 1. The first-order valence-corrected chi connectivity index (χ1v) is 10.8. The van der Waals surface area contributed by atoms with E-state index in [-0.39, 0.29) is 0 Å². The average Bonchev–Trinajstić information content (AvgIpc) is 2.99. The van der Waals surface area contributed by atoms with Crippen LogP contribution in [0, 0.1) is 23.0 Å². The third kappa shape index (κ3) is 4.53. The van der Waals surface area contributed by atoms with Crippen molar-refractivity contribution < 1.29 is 13.9 Å². The van der Waals surface area contributed by atoms with Crippen molar-refractivity contribution in [2.45, 2.75) is 25.5 Å². The Bertz CT molecular complexity index is 1080. The molecule has 2 heterocycles. The fourth-order valence-corrected chi connectivity index (χ4v) is 5.12. The highest BCUT2D eigenvalue weighted by Gasteiger charge is 2.23. The quantitative estimate of drug-likeness (QED) is 0.614. The zero-order valence-corrected chi connectivity index (χ0v) is 17.3. The molecule has 8 heteroatoms. The van der Waals surface area contributed by atoms with Crippen LogP contribution in [0.25, 0.3) is 10.2 Å². The van der Waals surface area contributed by atoms with Crippen molar-refractivity contribution in [2.75, 3.05) is 19.6 Å². The summed E-state index contributed by atoms with van der Waals surface area (Å²) in [7, 11) is 0. The Morgan fingerprint density at radius 1 is 1.14 bits per heavy atom. The summed E-state index contributed by atoms with van der Waals surface area (Å²) in [6.45, 7) is 2.84. The molecule has 0 radical (unpaired) electrons. The van der Waals surface area contributed by atoms with E-state index < -0.39 is 17.7 Å². The number of halogens is 3. The summed E-state index contributed by atoms with van der Waals surface area (Å²) in [6, 6.07) is 9.27. The minimum absolute atomic E-state index is 0.392. The number of hydrogen-bond donors (Lipinski definition) is 2. The molecule has 1 atom stereocenters. The number of likely N-dealkylation sites (tertiary alicyclic amines) is 1. The van der Waals surface area contributed by atoms with Gasteiger partial charge in [0.1, 0.15) is 0 Å². The number of β-amino-alcohol motifs (C(OH)–C–C–N with tert-alkyl or cyclic N) is 1. The molecular formula is C21H22ClF2N3OS. The molecule has 0 amide bonds. The standard InChI is InChI=1S/C21H22ClF2N3OS/c22-15-2-4-18-20(10-15)29-21(25)27(18)11-13-5-7-26(8-6-13)12-19(28)14-1-3-16(23)17(24)9-14/h1-4,9-10,13,19,25,28H,5-8,11-12H2. The lowest BCUT2D eigenvalue weighted by atomic mass is 9.96. The fraction of sp³-hybridized carbons (Fsp3) is 0.381. The van der Waals surface area contributed by atoms with Crippen molar-refractivity contribution >= 4 is 33.2 Å². The van der Waals surface area contributed by atoms with Gasteiger partial charge in [-0.3, -0.25) is 5.41 Å². The maximum atomic E-state index is 13.4. The second-order valence-corrected chi connectivity index (χ2v) is 9.03. The van der Waals surface area contributed by atoms with Gasteiger partial charge in [0.15, 0.2) is 16.4 Å². The summed E-state index contributed by atoms with van der Waals surface area (Å²) in [5.41, 5.74) is 1.43. The molecule has 1 aliphatic rings. The van der Waals surface area contributed by atoms with E-state index in [1.807, 2.05) is 22.8 Å². The normalized spacial score (nSPS) is 17.1. The minimum Gasteiger partial charge on any atom is -0.387 e. The number of piperidine rings is 1. The van der Waals surface area contributed by atoms with Crippen molar-refractivity contribution in [1.82, 2.24) is 9.47 Å². The summed E-state index contributed by atoms with van der Waals surface area (Å²) in [6.07, 6.45) is 1.07. The Labute approximate surface area is 176 Å². The summed E-state index contributed by atoms with van der Waals surface area (Å²) < 4.78 is 29.5. The zero-order valence-electron chi connectivity index (χ0n) is 15.7. The first kappa shape index (κ1) is 20.5. The van der Waals surface area contributed by atoms with E-state index in [0.29, 0.717) is 27.9 Å². The maximum Gasteiger partial charge on any atom is 0.182 e. The van der Waals surface area contributed by atoms with Gasteiger partial charge < -0.3 is 14.6 Å². The molecule has 0 saturated carbocycles. The number of fused-ring (bicyclic) bond motifs is 1. The molecule has 1 unspecified atom stereocenters. The largest absolute Gasteiger partial charge is 0.387 e. The molecule has 1 fully saturated rings. The van der Waals surface area contributed by atoms with E-state index in [4.69, 9.17) is 17.0 Å². The number of aliphatic hydroxyl groups is 1. The van der Waals surface area contributed by atoms with Crippen molar-refractivity contribution in [2.24, 2.45) is 5.92 Å². The monoisotopic (exact) mass is 437 g/mol. The first-order valence-electron chi connectivity index (χ1n) is 9.59. The van der Waals surface area contributed by atoms with Gasteiger partial charge in [-0.2, -0.15) is 0 Å². The van der Waals surface area contributed by atoms with Gasteiger partial charge in [-0.25, -0.2) is 8.78 Å². The number of aliphatic hydroxyl groups excluding tert-OH is 1. The highest BCUT2D eigenvalue weighted by molar-refractivity contribution is 7.16. The van der Waals surface area contributed by atoms with Crippen LogP contribution in [0.2, 0.25) is 5.02 Å². The molecule has 2 N–H and O–H groups in total. The van der Waals surface area contributed by atoms with Gasteiger partial charge in [0, 0.05) is 18.1 Å². The molecule has 154 valence electrons. The fourth-order valence-electron chi connectivity index (χ4n) is 3.92. The lowest BCUT2D eigenvalue weighted by Crippen LogP contribution is -2.38. The van der Waals surface area contributed by atoms with Crippen LogP contribution in [-0.2, 0) is 6.54 Å². The van der Waals surface area contributed by atoms with Gasteiger partial charge >= 0.3 is 0 Å². The first-order chi connectivity index (χ1) is 13.9. The molecule has 0 bridgehead atoms. The van der Waals surface area contributed by atoms with E-state index in [0.717, 1.165) is 54.8 Å². The highest BCUT2D eigenvalue weighted by atomic mass is 35.5. The van der Waals surface area contributed by atoms with Gasteiger partial charge in [-0.1, -0.05) is 29.0 Å². The molecule has 4 rings (SSSR count). The van der Waals surface area contributed by atoms with Crippen molar-refractivity contribution in [3.05, 3.63) is 63.4 Å². The van der Waals surface area contributed by atoms with Gasteiger partial charge in [0.25, 0.3) is 0 Å². The summed E-state index contributed by atoms with van der Waals surface area (Å²) >= 11 is 7.50. The van der Waals surface area contributed by atoms with Crippen LogP contribution < -0.4 is 4.80 Å². The van der Waals surface area contributed by atoms with Crippen LogP contribution in [0.3, 0.4) is 0 Å². The second-order valence-electron chi connectivity index (χ2n) is 7.56. The van der Waals surface area contributed by atoms with Gasteiger partial charge in [0.2, 0.25) is 0 Å². The number of nitrogens with one attached hydrogen (secondary N) is 1. The molecule has 1 saturated heterocycles. The molecule has 0 aliphatic carbocycles. The van der Waals surface area contributed by atoms with Crippen LogP contribution in [0.4, 0.5) is 8.78 Å². The zero-order chi connectivity index (χ0) is 20.5. The topological polar surface area (TPSA) is 52.2 Å². The molecule has 3 aromatic rings. The number of nitrogens with zero attached hydrogens (tertiary/aromatic N) is 2. The van der Waals surface area contributed by atoms with Crippen LogP contribution in [0.1, 0.15) is 24.5 Å².